The van der Waals surface area contributed by atoms with Gasteiger partial charge in [0.1, 0.15) is 10.6 Å². The summed E-state index contributed by atoms with van der Waals surface area (Å²) in [7, 11) is 0.888. The Bertz CT molecular complexity index is 564. The molecule has 0 aromatic carbocycles. The molecule has 0 aliphatic rings. The van der Waals surface area contributed by atoms with Crippen molar-refractivity contribution in [1.82, 2.24) is 14.2 Å². The van der Waals surface area contributed by atoms with Crippen LogP contribution in [0.1, 0.15) is 17.4 Å². The van der Waals surface area contributed by atoms with Gasteiger partial charge in [-0.25, -0.2) is 13.1 Å². The van der Waals surface area contributed by atoms with Crippen LogP contribution in [0, 0.1) is 0 Å². The van der Waals surface area contributed by atoms with Crippen LogP contribution in [0.4, 0.5) is 0 Å². The number of carbonyl (C=O) groups excluding carboxylic acids is 1. The molecule has 0 saturated heterocycles. The maximum atomic E-state index is 12.2. The van der Waals surface area contributed by atoms with E-state index in [2.05, 4.69) is 4.72 Å². The van der Waals surface area contributed by atoms with Gasteiger partial charge >= 0.3 is 0 Å². The third-order valence-corrected chi connectivity index (χ3v) is 4.41. The SMILES string of the molecule is CNS(=O)(=O)c1cc(C(=O)N(C)C(C)CO)n(C)c1. The minimum atomic E-state index is -3.58. The summed E-state index contributed by atoms with van der Waals surface area (Å²) >= 11 is 0. The zero-order valence-electron chi connectivity index (χ0n) is 11.4. The third kappa shape index (κ3) is 3.14. The van der Waals surface area contributed by atoms with Crippen molar-refractivity contribution < 1.29 is 18.3 Å². The topological polar surface area (TPSA) is 91.6 Å². The number of aryl methyl sites for hydroxylation is 1. The van der Waals surface area contributed by atoms with Crippen molar-refractivity contribution in [3.63, 3.8) is 0 Å². The molecule has 1 unspecified atom stereocenters. The molecule has 1 amide bonds. The number of carbonyl (C=O) groups is 1. The fraction of sp³-hybridized carbons (Fsp3) is 0.545. The highest BCUT2D eigenvalue weighted by Crippen LogP contribution is 2.15. The van der Waals surface area contributed by atoms with Crippen LogP contribution in [0.25, 0.3) is 0 Å². The average Bonchev–Trinajstić information content (AvgIpc) is 2.78. The molecule has 8 heteroatoms. The van der Waals surface area contributed by atoms with E-state index in [1.807, 2.05) is 0 Å². The molecule has 1 aromatic rings. The smallest absolute Gasteiger partial charge is 0.270 e. The zero-order chi connectivity index (χ0) is 14.8. The van der Waals surface area contributed by atoms with E-state index in [-0.39, 0.29) is 29.1 Å². The summed E-state index contributed by atoms with van der Waals surface area (Å²) in [6.07, 6.45) is 1.37. The Balaban J connectivity index is 3.13. The van der Waals surface area contributed by atoms with E-state index in [9.17, 15) is 13.2 Å². The number of likely N-dealkylation sites (N-methyl/N-ethyl adjacent to an activating group) is 1. The van der Waals surface area contributed by atoms with Crippen molar-refractivity contribution in [3.05, 3.63) is 18.0 Å². The Morgan fingerprint density at radius 3 is 2.63 bits per heavy atom. The summed E-state index contributed by atoms with van der Waals surface area (Å²) in [6.45, 7) is 1.54. The highest BCUT2D eigenvalue weighted by atomic mass is 32.2. The van der Waals surface area contributed by atoms with Gasteiger partial charge in [-0.05, 0) is 20.0 Å². The Hall–Kier alpha value is -1.38. The summed E-state index contributed by atoms with van der Waals surface area (Å²) in [5.41, 5.74) is 0.247. The second-order valence-electron chi connectivity index (χ2n) is 4.33. The van der Waals surface area contributed by atoms with Gasteiger partial charge in [-0.3, -0.25) is 4.79 Å². The third-order valence-electron chi connectivity index (χ3n) is 3.02. The number of aliphatic hydroxyl groups excluding tert-OH is 1. The van der Waals surface area contributed by atoms with Gasteiger partial charge in [0.25, 0.3) is 5.91 Å². The van der Waals surface area contributed by atoms with E-state index in [4.69, 9.17) is 5.11 Å². The number of aliphatic hydroxyl groups is 1. The Morgan fingerprint density at radius 2 is 2.16 bits per heavy atom. The first kappa shape index (κ1) is 15.7. The van der Waals surface area contributed by atoms with Crippen molar-refractivity contribution in [2.45, 2.75) is 17.9 Å². The molecule has 1 rings (SSSR count). The lowest BCUT2D eigenvalue weighted by Crippen LogP contribution is -2.38. The number of nitrogens with zero attached hydrogens (tertiary/aromatic N) is 2. The van der Waals surface area contributed by atoms with Gasteiger partial charge in [0, 0.05) is 20.3 Å². The second-order valence-corrected chi connectivity index (χ2v) is 6.21. The molecule has 0 aliphatic heterocycles. The molecule has 0 bridgehead atoms. The molecule has 1 atom stereocenters. The Morgan fingerprint density at radius 1 is 1.58 bits per heavy atom. The minimum Gasteiger partial charge on any atom is -0.394 e. The molecule has 0 radical (unpaired) electrons. The summed E-state index contributed by atoms with van der Waals surface area (Å²) in [5.74, 6) is -0.346. The standard InChI is InChI=1S/C11H19N3O4S/c1-8(7-15)14(4)11(16)10-5-9(6-13(10)3)19(17,18)12-2/h5-6,8,12,15H,7H2,1-4H3. The number of hydrogen-bond donors (Lipinski definition) is 2. The van der Waals surface area contributed by atoms with Crippen molar-refractivity contribution >= 4 is 15.9 Å². The molecule has 19 heavy (non-hydrogen) atoms. The summed E-state index contributed by atoms with van der Waals surface area (Å²) in [5, 5.41) is 9.04. The highest BCUT2D eigenvalue weighted by molar-refractivity contribution is 7.89. The van der Waals surface area contributed by atoms with Gasteiger partial charge < -0.3 is 14.6 Å². The predicted octanol–water partition coefficient (Wildman–Crippen LogP) is -0.614. The average molecular weight is 289 g/mol. The molecule has 108 valence electrons. The monoisotopic (exact) mass is 289 g/mol. The van der Waals surface area contributed by atoms with E-state index in [1.54, 1.807) is 21.0 Å². The lowest BCUT2D eigenvalue weighted by atomic mass is 10.3. The van der Waals surface area contributed by atoms with Crippen molar-refractivity contribution in [2.24, 2.45) is 7.05 Å². The molecule has 1 aromatic heterocycles. The second kappa shape index (κ2) is 5.72. The first-order valence-corrected chi connectivity index (χ1v) is 7.20. The first-order valence-electron chi connectivity index (χ1n) is 5.72. The van der Waals surface area contributed by atoms with Crippen LogP contribution in [-0.2, 0) is 17.1 Å². The number of rotatable bonds is 5. The Kier molecular flexibility index (Phi) is 4.72. The summed E-state index contributed by atoms with van der Waals surface area (Å²) < 4.78 is 27.0. The van der Waals surface area contributed by atoms with Gasteiger partial charge in [0.15, 0.2) is 0 Å². The fourth-order valence-electron chi connectivity index (χ4n) is 1.51. The summed E-state index contributed by atoms with van der Waals surface area (Å²) in [4.78, 5) is 13.6. The van der Waals surface area contributed by atoms with E-state index < -0.39 is 10.0 Å². The van der Waals surface area contributed by atoms with Crippen molar-refractivity contribution in [3.8, 4) is 0 Å². The fourth-order valence-corrected chi connectivity index (χ4v) is 2.31. The number of sulfonamides is 1. The van der Waals surface area contributed by atoms with Crippen molar-refractivity contribution in [1.29, 1.82) is 0 Å². The van der Waals surface area contributed by atoms with Crippen molar-refractivity contribution in [2.75, 3.05) is 20.7 Å². The van der Waals surface area contributed by atoms with E-state index in [0.29, 0.717) is 0 Å². The number of amides is 1. The highest BCUT2D eigenvalue weighted by Gasteiger charge is 2.23. The molecular formula is C11H19N3O4S. The van der Waals surface area contributed by atoms with Gasteiger partial charge in [0.2, 0.25) is 10.0 Å². The van der Waals surface area contributed by atoms with E-state index in [1.165, 1.54) is 28.8 Å². The van der Waals surface area contributed by atoms with Crippen LogP contribution in [0.3, 0.4) is 0 Å². The van der Waals surface area contributed by atoms with E-state index in [0.717, 1.165) is 0 Å². The maximum Gasteiger partial charge on any atom is 0.270 e. The lowest BCUT2D eigenvalue weighted by Gasteiger charge is -2.23. The van der Waals surface area contributed by atoms with E-state index >= 15 is 0 Å². The van der Waals surface area contributed by atoms with Crippen LogP contribution >= 0.6 is 0 Å². The molecule has 0 saturated carbocycles. The quantitative estimate of drug-likeness (QED) is 0.756. The van der Waals surface area contributed by atoms with Gasteiger partial charge in [-0.15, -0.1) is 0 Å². The normalized spacial score (nSPS) is 13.3. The van der Waals surface area contributed by atoms with Crippen LogP contribution in [0.2, 0.25) is 0 Å². The number of nitrogens with one attached hydrogen (secondary N) is 1. The number of aromatic nitrogens is 1. The van der Waals surface area contributed by atoms with Gasteiger partial charge in [0.05, 0.1) is 12.6 Å². The first-order chi connectivity index (χ1) is 8.74. The molecule has 7 nitrogen and oxygen atoms in total. The summed E-state index contributed by atoms with van der Waals surface area (Å²) in [6, 6.07) is 0.973. The number of hydrogen-bond acceptors (Lipinski definition) is 4. The maximum absolute atomic E-state index is 12.2. The predicted molar refractivity (Wildman–Crippen MR) is 70.3 cm³/mol. The van der Waals surface area contributed by atoms with Crippen LogP contribution in [0.5, 0.6) is 0 Å². The molecular weight excluding hydrogens is 270 g/mol. The zero-order valence-corrected chi connectivity index (χ0v) is 12.2. The van der Waals surface area contributed by atoms with Gasteiger partial charge in [-0.2, -0.15) is 0 Å². The van der Waals surface area contributed by atoms with Crippen LogP contribution in [-0.4, -0.2) is 55.6 Å². The molecule has 0 fully saturated rings. The Labute approximate surface area is 112 Å². The molecule has 1 heterocycles. The molecule has 2 N–H and O–H groups in total. The van der Waals surface area contributed by atoms with Crippen LogP contribution < -0.4 is 4.72 Å². The largest absolute Gasteiger partial charge is 0.394 e. The minimum absolute atomic E-state index is 0.0332. The van der Waals surface area contributed by atoms with Crippen LogP contribution in [0.15, 0.2) is 17.2 Å². The lowest BCUT2D eigenvalue weighted by molar-refractivity contribution is 0.0672. The molecule has 0 spiro atoms. The molecule has 0 aliphatic carbocycles. The van der Waals surface area contributed by atoms with Gasteiger partial charge in [-0.1, -0.05) is 0 Å².